The lowest BCUT2D eigenvalue weighted by Gasteiger charge is -2.27. The number of ether oxygens (including phenoxy) is 2. The van der Waals surface area contributed by atoms with Gasteiger partial charge in [-0.05, 0) is 105 Å². The highest BCUT2D eigenvalue weighted by atomic mass is 19.1. The molecule has 27 heteroatoms. The van der Waals surface area contributed by atoms with E-state index in [2.05, 4.69) is 52.2 Å². The minimum atomic E-state index is -1.33. The van der Waals surface area contributed by atoms with Crippen LogP contribution in [0.3, 0.4) is 0 Å². The molecule has 0 bridgehead atoms. The minimum absolute atomic E-state index is 0.0142. The predicted molar refractivity (Wildman–Crippen MR) is 321 cm³/mol. The van der Waals surface area contributed by atoms with Crippen molar-refractivity contribution in [3.8, 4) is 28.5 Å². The molecule has 0 aliphatic carbocycles. The van der Waals surface area contributed by atoms with E-state index >= 15 is 0 Å². The number of H-pyrrole nitrogens is 1. The maximum Gasteiger partial charge on any atom is 0.407 e. The summed E-state index contributed by atoms with van der Waals surface area (Å²) in [6.45, 7) is 7.27. The third-order valence-electron chi connectivity index (χ3n) is 13.9. The van der Waals surface area contributed by atoms with E-state index in [0.29, 0.717) is 75.7 Å². The van der Waals surface area contributed by atoms with Crippen LogP contribution in [0.4, 0.5) is 25.4 Å². The molecule has 0 saturated carbocycles. The van der Waals surface area contributed by atoms with Gasteiger partial charge in [0.25, 0.3) is 11.8 Å². The van der Waals surface area contributed by atoms with Crippen LogP contribution in [0.2, 0.25) is 0 Å². The van der Waals surface area contributed by atoms with Gasteiger partial charge in [0.05, 0.1) is 53.1 Å². The second-order valence-corrected chi connectivity index (χ2v) is 21.1. The molecule has 464 valence electrons. The molecule has 7 rings (SSSR count). The van der Waals surface area contributed by atoms with Crippen molar-refractivity contribution in [2.45, 2.75) is 110 Å². The molecule has 3 aromatic heterocycles. The first-order chi connectivity index (χ1) is 42.2. The Morgan fingerprint density at radius 2 is 1.51 bits per heavy atom. The van der Waals surface area contributed by atoms with Crippen LogP contribution in [0.15, 0.2) is 97.2 Å². The molecule has 0 unspecified atom stereocenters. The van der Waals surface area contributed by atoms with Gasteiger partial charge in [0.2, 0.25) is 29.5 Å². The summed E-state index contributed by atoms with van der Waals surface area (Å²) in [5, 5.41) is 28.2. The van der Waals surface area contributed by atoms with E-state index in [9.17, 15) is 52.6 Å². The molecule has 0 radical (unpaired) electrons. The fraction of sp³-hybridized carbons (Fsp3) is 0.361. The van der Waals surface area contributed by atoms with Crippen LogP contribution in [0.5, 0.6) is 5.88 Å². The average molecular weight is 1210 g/mol. The number of carboxylic acid groups (broad SMARTS) is 1. The number of anilines is 2. The van der Waals surface area contributed by atoms with E-state index in [1.807, 2.05) is 43.3 Å². The Hall–Kier alpha value is -10.3. The van der Waals surface area contributed by atoms with Gasteiger partial charge in [0.15, 0.2) is 0 Å². The number of hydrogen-bond donors (Lipinski definition) is 10. The lowest BCUT2D eigenvalue weighted by atomic mass is 10.0. The summed E-state index contributed by atoms with van der Waals surface area (Å²) in [5.74, 6) is -4.97. The van der Waals surface area contributed by atoms with Crippen LogP contribution in [0.1, 0.15) is 87.9 Å². The zero-order chi connectivity index (χ0) is 63.3. The van der Waals surface area contributed by atoms with E-state index in [1.165, 1.54) is 18.3 Å². The highest BCUT2D eigenvalue weighted by molar-refractivity contribution is 6.12. The van der Waals surface area contributed by atoms with Crippen molar-refractivity contribution in [3.05, 3.63) is 126 Å². The number of imide groups is 1. The van der Waals surface area contributed by atoms with Crippen LogP contribution in [-0.4, -0.2) is 133 Å². The number of amides is 9. The van der Waals surface area contributed by atoms with Crippen LogP contribution in [0.25, 0.3) is 33.7 Å². The Morgan fingerprint density at radius 1 is 0.761 bits per heavy atom. The molecule has 11 N–H and O–H groups in total. The number of halogens is 1. The van der Waals surface area contributed by atoms with Gasteiger partial charge in [-0.25, -0.2) is 28.9 Å². The molecule has 0 saturated heterocycles. The quantitative estimate of drug-likeness (QED) is 0.0181. The number of aliphatic carboxylic acids is 1. The number of aromatic nitrogens is 5. The second-order valence-electron chi connectivity index (χ2n) is 21.1. The number of carbonyl (C=O) groups is 9. The highest BCUT2D eigenvalue weighted by Crippen LogP contribution is 2.32. The van der Waals surface area contributed by atoms with Gasteiger partial charge < -0.3 is 62.5 Å². The molecule has 9 amide bonds. The number of fused-ring (bicyclic) bond motifs is 1. The monoisotopic (exact) mass is 1210 g/mol. The molecule has 6 aromatic rings. The van der Waals surface area contributed by atoms with Crippen LogP contribution in [0, 0.1) is 25.6 Å². The minimum Gasteiger partial charge on any atom is -0.481 e. The zero-order valence-corrected chi connectivity index (χ0v) is 49.1. The first kappa shape index (κ1) is 65.2. The Balaban J connectivity index is 0.886. The second kappa shape index (κ2) is 31.7. The number of primary amides is 1. The first-order valence-corrected chi connectivity index (χ1v) is 28.6. The summed E-state index contributed by atoms with van der Waals surface area (Å²) < 4.78 is 26.1. The normalized spacial score (nSPS) is 12.9. The number of imidazole rings is 1. The fourth-order valence-electron chi connectivity index (χ4n) is 9.20. The number of carboxylic acids is 1. The summed E-state index contributed by atoms with van der Waals surface area (Å²) in [4.78, 5) is 137. The van der Waals surface area contributed by atoms with Gasteiger partial charge in [-0.3, -0.25) is 43.4 Å². The highest BCUT2D eigenvalue weighted by Gasteiger charge is 2.32. The van der Waals surface area contributed by atoms with Gasteiger partial charge in [-0.2, -0.15) is 0 Å². The van der Waals surface area contributed by atoms with Crippen molar-refractivity contribution in [2.24, 2.45) is 11.7 Å². The van der Waals surface area contributed by atoms with Crippen molar-refractivity contribution in [2.75, 3.05) is 36.9 Å². The maximum atomic E-state index is 14.8. The van der Waals surface area contributed by atoms with Crippen molar-refractivity contribution in [3.63, 3.8) is 0 Å². The number of urea groups is 1. The number of rotatable bonds is 32. The Labute approximate surface area is 505 Å². The van der Waals surface area contributed by atoms with Crippen molar-refractivity contribution in [1.82, 2.24) is 56.4 Å². The summed E-state index contributed by atoms with van der Waals surface area (Å²) in [6.07, 6.45) is 3.76. The van der Waals surface area contributed by atoms with Gasteiger partial charge in [-0.15, -0.1) is 0 Å². The van der Waals surface area contributed by atoms with E-state index in [1.54, 1.807) is 63.2 Å². The number of aryl methyl sites for hydroxylation is 2. The topological polar surface area (TPSA) is 373 Å². The smallest absolute Gasteiger partial charge is 0.407 e. The molecule has 0 spiro atoms. The number of aromatic amines is 1. The summed E-state index contributed by atoms with van der Waals surface area (Å²) in [6, 6.07) is 18.1. The third kappa shape index (κ3) is 19.3. The van der Waals surface area contributed by atoms with E-state index in [4.69, 9.17) is 25.2 Å². The number of unbranched alkanes of at least 4 members (excludes halogenated alkanes) is 2. The number of alkyl carbamates (subject to hydrolysis) is 1. The average Bonchev–Trinajstić information content (AvgIpc) is 1.88. The SMILES string of the molecule is Cc1cccc(-c2[nH]c(CNc3cccc(C)c3F)nc2-c2ccc3ncc(OCCNC(=O)OCc4ccc(NC(=O)[C@H](CCCNC(N)=O)NC(=O)[C@@H](NC(=O)[C@H](CCC(=O)O)NC(=O)CCCCCN5C(=O)C=CC5=O)C(C)C)cc4)nc3c2)n1. The zero-order valence-electron chi connectivity index (χ0n) is 49.1. The van der Waals surface area contributed by atoms with E-state index in [0.717, 1.165) is 16.2 Å². The number of carbonyl (C=O) groups excluding carboxylic acids is 8. The van der Waals surface area contributed by atoms with Gasteiger partial charge in [0.1, 0.15) is 43.0 Å². The maximum absolute atomic E-state index is 14.8. The lowest BCUT2D eigenvalue weighted by Crippen LogP contribution is -2.57. The summed E-state index contributed by atoms with van der Waals surface area (Å²) in [7, 11) is 0. The molecule has 1 aliphatic heterocycles. The summed E-state index contributed by atoms with van der Waals surface area (Å²) >= 11 is 0. The molecular formula is C61H71FN14O12. The predicted octanol–water partition coefficient (Wildman–Crippen LogP) is 5.60. The number of pyridine rings is 1. The van der Waals surface area contributed by atoms with Crippen LogP contribution < -0.4 is 47.7 Å². The molecular weight excluding hydrogens is 1140 g/mol. The largest absolute Gasteiger partial charge is 0.481 e. The molecule has 26 nitrogen and oxygen atoms in total. The number of nitrogens with two attached hydrogens (primary N) is 1. The van der Waals surface area contributed by atoms with Gasteiger partial charge >= 0.3 is 18.1 Å². The van der Waals surface area contributed by atoms with Crippen LogP contribution >= 0.6 is 0 Å². The first-order valence-electron chi connectivity index (χ1n) is 28.6. The Kier molecular flexibility index (Phi) is 23.5. The number of hydrogen-bond acceptors (Lipinski definition) is 16. The number of benzene rings is 3. The van der Waals surface area contributed by atoms with Crippen molar-refractivity contribution in [1.29, 1.82) is 0 Å². The lowest BCUT2D eigenvalue weighted by molar-refractivity contribution is -0.139. The van der Waals surface area contributed by atoms with Crippen molar-refractivity contribution < 1.29 is 62.1 Å². The molecule has 3 atom stereocenters. The molecule has 0 fully saturated rings. The molecule has 4 heterocycles. The van der Waals surface area contributed by atoms with Crippen LogP contribution in [-0.2, 0) is 51.5 Å². The Bertz CT molecular complexity index is 3520. The summed E-state index contributed by atoms with van der Waals surface area (Å²) in [5.41, 5.74) is 11.6. The van der Waals surface area contributed by atoms with Gasteiger partial charge in [-0.1, -0.05) is 56.7 Å². The fourth-order valence-corrected chi connectivity index (χ4v) is 9.20. The van der Waals surface area contributed by atoms with Gasteiger partial charge in [0, 0.05) is 55.0 Å². The van der Waals surface area contributed by atoms with E-state index in [-0.39, 0.29) is 76.8 Å². The standard InChI is InChI=1S/C61H71FN14O12/c1-35(2)54(75-58(83)45(23-26-52(80)81)70-48(77)16-6-5-7-29-76-50(78)24-25-51(76)79)59(84)72-44(15-10-27-64-60(63)85)57(82)69-40-20-17-38(18-21-40)34-88-61(86)65-28-30-87-49-33-67-41-22-19-39(31-46(41)71-49)55-56(43-14-9-12-37(4)68-43)74-47(73-55)32-66-42-13-8-11-36(3)53(42)62/h8-9,11-14,17-22,24-25,31,33,35,44-45,54,66H,5-7,10,15-16,23,26-30,32,34H2,1-4H3,(H,65,86)(H,69,82)(H,70,77)(H,72,84)(H,73,74)(H,75,83)(H,80,81)(H3,63,64,85)/t44-,45-,54-/m0/s1. The van der Waals surface area contributed by atoms with Crippen molar-refractivity contribution >= 4 is 75.9 Å². The third-order valence-corrected chi connectivity index (χ3v) is 13.9. The number of nitrogens with one attached hydrogen (secondary N) is 8. The number of nitrogens with zero attached hydrogens (tertiary/aromatic N) is 5. The molecule has 3 aromatic carbocycles. The molecule has 88 heavy (non-hydrogen) atoms. The molecule has 1 aliphatic rings. The van der Waals surface area contributed by atoms with E-state index < -0.39 is 84.0 Å². The Morgan fingerprint density at radius 3 is 2.24 bits per heavy atom.